The summed E-state index contributed by atoms with van der Waals surface area (Å²) in [6, 6.07) is 0. The van der Waals surface area contributed by atoms with Gasteiger partial charge in [-0.3, -0.25) is 4.79 Å². The standard InChI is InChI=1S/C24H40F3NO/c1-2-3-4-5-6-7-8-9-10-11-12-13-14-15-16-17-21(29)28-23-18-22(19-23,20-23)24(25,26)27/h9-10H,2-8,11-20H2,1H3,(H,28,29)/b10-9-. The minimum Gasteiger partial charge on any atom is -0.351 e. The monoisotopic (exact) mass is 415 g/mol. The van der Waals surface area contributed by atoms with Crippen LogP contribution in [-0.4, -0.2) is 17.6 Å². The molecular weight excluding hydrogens is 375 g/mol. The number of rotatable bonds is 16. The first-order valence-corrected chi connectivity index (χ1v) is 11.9. The highest BCUT2D eigenvalue weighted by atomic mass is 19.4. The van der Waals surface area contributed by atoms with Crippen LogP contribution in [0.25, 0.3) is 0 Å². The summed E-state index contributed by atoms with van der Waals surface area (Å²) in [5, 5.41) is 2.86. The molecule has 0 radical (unpaired) electrons. The number of hydrogen-bond acceptors (Lipinski definition) is 1. The fourth-order valence-electron chi connectivity index (χ4n) is 4.94. The van der Waals surface area contributed by atoms with Gasteiger partial charge in [0.1, 0.15) is 0 Å². The fraction of sp³-hybridized carbons (Fsp3) is 0.875. The van der Waals surface area contributed by atoms with Crippen LogP contribution in [0.3, 0.4) is 0 Å². The lowest BCUT2D eigenvalue weighted by Gasteiger charge is -2.70. The van der Waals surface area contributed by atoms with Crippen LogP contribution >= 0.6 is 0 Å². The van der Waals surface area contributed by atoms with Gasteiger partial charge >= 0.3 is 6.18 Å². The molecule has 2 bridgehead atoms. The zero-order valence-electron chi connectivity index (χ0n) is 18.2. The number of unbranched alkanes of at least 4 members (excludes halogenated alkanes) is 11. The Morgan fingerprint density at radius 3 is 1.83 bits per heavy atom. The van der Waals surface area contributed by atoms with Crippen molar-refractivity contribution in [3.8, 4) is 0 Å². The Bertz CT molecular complexity index is 507. The van der Waals surface area contributed by atoms with Crippen LogP contribution in [0.1, 0.15) is 116 Å². The van der Waals surface area contributed by atoms with Gasteiger partial charge in [0.25, 0.3) is 0 Å². The average Bonchev–Trinajstić information content (AvgIpc) is 2.59. The Labute approximate surface area is 175 Å². The van der Waals surface area contributed by atoms with Crippen LogP contribution in [0.4, 0.5) is 13.2 Å². The minimum atomic E-state index is -4.11. The average molecular weight is 416 g/mol. The summed E-state index contributed by atoms with van der Waals surface area (Å²) in [5.41, 5.74) is -2.02. The van der Waals surface area contributed by atoms with Gasteiger partial charge in [-0.1, -0.05) is 70.4 Å². The molecule has 0 spiro atoms. The van der Waals surface area contributed by atoms with Gasteiger partial charge in [-0.15, -0.1) is 0 Å². The summed E-state index contributed by atoms with van der Waals surface area (Å²) in [7, 11) is 0. The third-order valence-electron chi connectivity index (χ3n) is 6.70. The minimum absolute atomic E-state index is 0.0712. The van der Waals surface area contributed by atoms with Gasteiger partial charge < -0.3 is 5.32 Å². The van der Waals surface area contributed by atoms with Crippen molar-refractivity contribution in [2.75, 3.05) is 0 Å². The van der Waals surface area contributed by atoms with Crippen LogP contribution in [-0.2, 0) is 4.79 Å². The number of carbonyl (C=O) groups excluding carboxylic acids is 1. The lowest BCUT2D eigenvalue weighted by molar-refractivity contribution is -0.337. The Morgan fingerprint density at radius 1 is 0.828 bits per heavy atom. The summed E-state index contributed by atoms with van der Waals surface area (Å²) in [4.78, 5) is 12.0. The van der Waals surface area contributed by atoms with Crippen LogP contribution in [0.2, 0.25) is 0 Å². The van der Waals surface area contributed by atoms with Crippen LogP contribution in [0, 0.1) is 5.41 Å². The number of allylic oxidation sites excluding steroid dienone is 2. The summed E-state index contributed by atoms with van der Waals surface area (Å²) >= 11 is 0. The van der Waals surface area contributed by atoms with Gasteiger partial charge in [-0.25, -0.2) is 0 Å². The van der Waals surface area contributed by atoms with Gasteiger partial charge in [-0.2, -0.15) is 13.2 Å². The summed E-state index contributed by atoms with van der Waals surface area (Å²) in [6.07, 6.45) is 17.0. The lowest BCUT2D eigenvalue weighted by Crippen LogP contribution is -2.78. The predicted molar refractivity (Wildman–Crippen MR) is 113 cm³/mol. The zero-order chi connectivity index (χ0) is 21.2. The molecule has 5 heteroatoms. The molecule has 0 atom stereocenters. The van der Waals surface area contributed by atoms with E-state index in [1.807, 2.05) is 0 Å². The third-order valence-corrected chi connectivity index (χ3v) is 6.70. The van der Waals surface area contributed by atoms with Gasteiger partial charge in [0, 0.05) is 12.0 Å². The molecule has 1 N–H and O–H groups in total. The maximum atomic E-state index is 12.8. The van der Waals surface area contributed by atoms with E-state index in [2.05, 4.69) is 24.4 Å². The van der Waals surface area contributed by atoms with Gasteiger partial charge in [0.2, 0.25) is 5.91 Å². The molecular formula is C24H40F3NO. The molecule has 29 heavy (non-hydrogen) atoms. The van der Waals surface area contributed by atoms with E-state index in [1.54, 1.807) is 0 Å². The molecule has 3 aliphatic rings. The maximum Gasteiger partial charge on any atom is 0.394 e. The zero-order valence-corrected chi connectivity index (χ0v) is 18.2. The molecule has 0 aromatic rings. The first kappa shape index (κ1) is 24.3. The molecule has 168 valence electrons. The third kappa shape index (κ3) is 7.32. The quantitative estimate of drug-likeness (QED) is 0.204. The molecule has 0 heterocycles. The predicted octanol–water partition coefficient (Wildman–Crippen LogP) is 7.63. The Morgan fingerprint density at radius 2 is 1.31 bits per heavy atom. The number of amides is 1. The van der Waals surface area contributed by atoms with Crippen molar-refractivity contribution in [1.29, 1.82) is 0 Å². The van der Waals surface area contributed by atoms with E-state index in [0.29, 0.717) is 6.42 Å². The second-order valence-electron chi connectivity index (χ2n) is 9.47. The highest BCUT2D eigenvalue weighted by molar-refractivity contribution is 5.77. The van der Waals surface area contributed by atoms with Gasteiger partial charge in [0.05, 0.1) is 5.41 Å². The van der Waals surface area contributed by atoms with Crippen LogP contribution in [0.15, 0.2) is 12.2 Å². The van der Waals surface area contributed by atoms with Crippen molar-refractivity contribution >= 4 is 5.91 Å². The molecule has 1 amide bonds. The second-order valence-corrected chi connectivity index (χ2v) is 9.47. The van der Waals surface area contributed by atoms with Gasteiger partial charge in [0.15, 0.2) is 0 Å². The largest absolute Gasteiger partial charge is 0.394 e. The fourth-order valence-corrected chi connectivity index (χ4v) is 4.94. The number of carbonyl (C=O) groups is 1. The molecule has 3 fully saturated rings. The van der Waals surface area contributed by atoms with E-state index in [1.165, 1.54) is 57.8 Å². The maximum absolute atomic E-state index is 12.8. The first-order chi connectivity index (χ1) is 13.8. The summed E-state index contributed by atoms with van der Waals surface area (Å²) in [6.45, 7) is 2.25. The number of nitrogens with one attached hydrogen (secondary N) is 1. The lowest BCUT2D eigenvalue weighted by atomic mass is 9.39. The smallest absolute Gasteiger partial charge is 0.351 e. The summed E-state index contributed by atoms with van der Waals surface area (Å²) in [5.74, 6) is -0.0712. The second kappa shape index (κ2) is 11.4. The van der Waals surface area contributed by atoms with Crippen molar-refractivity contribution in [2.45, 2.75) is 128 Å². The molecule has 2 nitrogen and oxygen atoms in total. The van der Waals surface area contributed by atoms with E-state index in [9.17, 15) is 18.0 Å². The van der Waals surface area contributed by atoms with Crippen molar-refractivity contribution in [2.24, 2.45) is 5.41 Å². The molecule has 0 aromatic heterocycles. The Hall–Kier alpha value is -1.00. The number of alkyl halides is 3. The van der Waals surface area contributed by atoms with Crippen molar-refractivity contribution < 1.29 is 18.0 Å². The number of hydrogen-bond donors (Lipinski definition) is 1. The van der Waals surface area contributed by atoms with E-state index >= 15 is 0 Å². The molecule has 0 unspecified atom stereocenters. The molecule has 0 saturated heterocycles. The van der Waals surface area contributed by atoms with E-state index in [-0.39, 0.29) is 25.2 Å². The summed E-state index contributed by atoms with van der Waals surface area (Å²) < 4.78 is 38.5. The molecule has 0 aliphatic heterocycles. The first-order valence-electron chi connectivity index (χ1n) is 11.9. The molecule has 3 aliphatic carbocycles. The van der Waals surface area contributed by atoms with Crippen LogP contribution in [0.5, 0.6) is 0 Å². The molecule has 3 saturated carbocycles. The Kier molecular flexibility index (Phi) is 9.55. The van der Waals surface area contributed by atoms with Crippen molar-refractivity contribution in [3.63, 3.8) is 0 Å². The number of halogens is 3. The topological polar surface area (TPSA) is 29.1 Å². The molecule has 0 aromatic carbocycles. The van der Waals surface area contributed by atoms with Crippen molar-refractivity contribution in [3.05, 3.63) is 12.2 Å². The van der Waals surface area contributed by atoms with E-state index in [4.69, 9.17) is 0 Å². The SMILES string of the molecule is CCCCCCCC/C=C\CCCCCCCC(=O)NC12CC(C(F)(F)F)(C1)C2. The normalized spacial score (nSPS) is 25.7. The van der Waals surface area contributed by atoms with Gasteiger partial charge in [-0.05, 0) is 51.4 Å². The van der Waals surface area contributed by atoms with Crippen LogP contribution < -0.4 is 5.32 Å². The Balaban J connectivity index is 1.34. The van der Waals surface area contributed by atoms with E-state index < -0.39 is 17.1 Å². The highest BCUT2D eigenvalue weighted by Gasteiger charge is 2.78. The van der Waals surface area contributed by atoms with E-state index in [0.717, 1.165) is 25.7 Å². The highest BCUT2D eigenvalue weighted by Crippen LogP contribution is 2.73. The van der Waals surface area contributed by atoms with Crippen molar-refractivity contribution in [1.82, 2.24) is 5.32 Å². The molecule has 3 rings (SSSR count).